The Morgan fingerprint density at radius 3 is 2.55 bits per heavy atom. The predicted octanol–water partition coefficient (Wildman–Crippen LogP) is 4.07. The molecule has 3 heterocycles. The van der Waals surface area contributed by atoms with Crippen LogP contribution in [0.15, 0.2) is 93.2 Å². The molecular formula is C25H18FN3O2S2. The van der Waals surface area contributed by atoms with Crippen molar-refractivity contribution in [2.24, 2.45) is 4.99 Å². The van der Waals surface area contributed by atoms with Gasteiger partial charge in [0.25, 0.3) is 11.5 Å². The van der Waals surface area contributed by atoms with Gasteiger partial charge in [-0.2, -0.15) is 0 Å². The fourth-order valence-electron chi connectivity index (χ4n) is 3.79. The Morgan fingerprint density at radius 2 is 1.85 bits per heavy atom. The largest absolute Gasteiger partial charge is 0.322 e. The molecule has 2 aromatic carbocycles. The quantitative estimate of drug-likeness (QED) is 0.484. The molecule has 164 valence electrons. The maximum absolute atomic E-state index is 13.7. The van der Waals surface area contributed by atoms with E-state index in [1.165, 1.54) is 39.4 Å². The first-order valence-corrected chi connectivity index (χ1v) is 11.9. The van der Waals surface area contributed by atoms with E-state index >= 15 is 0 Å². The number of carbonyl (C=O) groups is 1. The highest BCUT2D eigenvalue weighted by Gasteiger charge is 2.32. The Morgan fingerprint density at radius 1 is 1.09 bits per heavy atom. The van der Waals surface area contributed by atoms with E-state index in [0.717, 1.165) is 4.88 Å². The van der Waals surface area contributed by atoms with Gasteiger partial charge in [0.2, 0.25) is 0 Å². The number of halogens is 1. The second kappa shape index (κ2) is 8.73. The normalized spacial score (nSPS) is 15.8. The molecule has 1 unspecified atom stereocenters. The molecule has 0 saturated carbocycles. The van der Waals surface area contributed by atoms with Crippen molar-refractivity contribution in [1.29, 1.82) is 0 Å². The molecule has 33 heavy (non-hydrogen) atoms. The summed E-state index contributed by atoms with van der Waals surface area (Å²) in [5.74, 6) is -0.746. The van der Waals surface area contributed by atoms with E-state index in [9.17, 15) is 14.0 Å². The molecule has 1 atom stereocenters. The Kier molecular flexibility index (Phi) is 5.62. The van der Waals surface area contributed by atoms with Gasteiger partial charge in [-0.05, 0) is 54.3 Å². The van der Waals surface area contributed by atoms with Crippen molar-refractivity contribution in [3.05, 3.63) is 119 Å². The molecule has 0 fully saturated rings. The Labute approximate surface area is 196 Å². The van der Waals surface area contributed by atoms with Crippen molar-refractivity contribution in [2.45, 2.75) is 13.0 Å². The van der Waals surface area contributed by atoms with E-state index in [1.54, 1.807) is 31.2 Å². The highest BCUT2D eigenvalue weighted by molar-refractivity contribution is 7.11. The molecule has 1 N–H and O–H groups in total. The van der Waals surface area contributed by atoms with Crippen molar-refractivity contribution in [3.8, 4) is 0 Å². The summed E-state index contributed by atoms with van der Waals surface area (Å²) in [4.78, 5) is 32.9. The SMILES string of the molecule is CC1=C(C(=O)Nc2ccccc2)C(c2ccc(F)cc2)n2c(s/c(=C/c3cccs3)c2=O)=N1. The van der Waals surface area contributed by atoms with Crippen LogP contribution >= 0.6 is 22.7 Å². The lowest BCUT2D eigenvalue weighted by molar-refractivity contribution is -0.113. The smallest absolute Gasteiger partial charge is 0.271 e. The number of aromatic nitrogens is 1. The molecule has 0 spiro atoms. The maximum Gasteiger partial charge on any atom is 0.271 e. The van der Waals surface area contributed by atoms with E-state index in [1.807, 2.05) is 41.8 Å². The average molecular weight is 476 g/mol. The van der Waals surface area contributed by atoms with Crippen LogP contribution in [-0.4, -0.2) is 10.5 Å². The number of hydrogen-bond donors (Lipinski definition) is 1. The zero-order valence-corrected chi connectivity index (χ0v) is 19.1. The summed E-state index contributed by atoms with van der Waals surface area (Å²) in [6.07, 6.45) is 1.83. The summed E-state index contributed by atoms with van der Waals surface area (Å²) in [6, 6.07) is 18.1. The van der Waals surface area contributed by atoms with Crippen molar-refractivity contribution in [2.75, 3.05) is 5.32 Å². The number of thiophene rings is 1. The number of hydrogen-bond acceptors (Lipinski definition) is 5. The monoisotopic (exact) mass is 475 g/mol. The van der Waals surface area contributed by atoms with Crippen LogP contribution in [0.5, 0.6) is 0 Å². The zero-order valence-electron chi connectivity index (χ0n) is 17.5. The van der Waals surface area contributed by atoms with E-state index < -0.39 is 6.04 Å². The number of carbonyl (C=O) groups excluding carboxylic acids is 1. The van der Waals surface area contributed by atoms with Crippen LogP contribution < -0.4 is 20.2 Å². The fourth-order valence-corrected chi connectivity index (χ4v) is 5.56. The summed E-state index contributed by atoms with van der Waals surface area (Å²) in [6.45, 7) is 1.76. The number of thiazole rings is 1. The minimum Gasteiger partial charge on any atom is -0.322 e. The number of nitrogens with zero attached hydrogens (tertiary/aromatic N) is 2. The van der Waals surface area contributed by atoms with Gasteiger partial charge >= 0.3 is 0 Å². The number of para-hydroxylation sites is 1. The summed E-state index contributed by atoms with van der Waals surface area (Å²) >= 11 is 2.81. The number of fused-ring (bicyclic) bond motifs is 1. The second-order valence-electron chi connectivity index (χ2n) is 7.47. The van der Waals surface area contributed by atoms with Crippen LogP contribution in [0.1, 0.15) is 23.4 Å². The third-order valence-electron chi connectivity index (χ3n) is 5.30. The fraction of sp³-hybridized carbons (Fsp3) is 0.0800. The van der Waals surface area contributed by atoms with Gasteiger partial charge in [-0.25, -0.2) is 9.38 Å². The van der Waals surface area contributed by atoms with Gasteiger partial charge < -0.3 is 5.32 Å². The molecule has 1 aliphatic heterocycles. The first-order chi connectivity index (χ1) is 16.0. The molecule has 2 aromatic heterocycles. The lowest BCUT2D eigenvalue weighted by Crippen LogP contribution is -2.40. The number of allylic oxidation sites excluding steroid dienone is 1. The van der Waals surface area contributed by atoms with Crippen LogP contribution in [0, 0.1) is 5.82 Å². The van der Waals surface area contributed by atoms with Gasteiger partial charge in [-0.15, -0.1) is 11.3 Å². The van der Waals surface area contributed by atoms with Crippen LogP contribution in [0.4, 0.5) is 10.1 Å². The van der Waals surface area contributed by atoms with E-state index in [0.29, 0.717) is 31.9 Å². The van der Waals surface area contributed by atoms with Crippen molar-refractivity contribution in [1.82, 2.24) is 4.57 Å². The van der Waals surface area contributed by atoms with Gasteiger partial charge in [0.15, 0.2) is 4.80 Å². The van der Waals surface area contributed by atoms with Crippen LogP contribution in [0.25, 0.3) is 6.08 Å². The molecule has 0 aliphatic carbocycles. The van der Waals surface area contributed by atoms with Gasteiger partial charge in [0.1, 0.15) is 5.82 Å². The first kappa shape index (κ1) is 21.2. The van der Waals surface area contributed by atoms with Gasteiger partial charge in [0.05, 0.1) is 21.8 Å². The van der Waals surface area contributed by atoms with Crippen molar-refractivity contribution >= 4 is 40.3 Å². The topological polar surface area (TPSA) is 63.5 Å². The standard InChI is InChI=1S/C25H18FN3O2S2/c1-15-21(23(30)28-18-6-3-2-4-7-18)22(16-9-11-17(26)12-10-16)29-24(31)20(33-25(29)27-15)14-19-8-5-13-32-19/h2-14,22H,1H3,(H,28,30)/b20-14+. The molecule has 1 aliphatic rings. The van der Waals surface area contributed by atoms with E-state index in [4.69, 9.17) is 0 Å². The number of amides is 1. The number of rotatable bonds is 4. The third kappa shape index (κ3) is 4.10. The minimum absolute atomic E-state index is 0.237. The highest BCUT2D eigenvalue weighted by atomic mass is 32.1. The molecule has 5 nitrogen and oxygen atoms in total. The molecule has 5 rings (SSSR count). The molecule has 0 saturated heterocycles. The van der Waals surface area contributed by atoms with Crippen molar-refractivity contribution < 1.29 is 9.18 Å². The number of anilines is 1. The lowest BCUT2D eigenvalue weighted by Gasteiger charge is -2.25. The predicted molar refractivity (Wildman–Crippen MR) is 130 cm³/mol. The lowest BCUT2D eigenvalue weighted by atomic mass is 9.95. The molecule has 1 amide bonds. The Hall–Kier alpha value is -3.62. The zero-order chi connectivity index (χ0) is 22.9. The first-order valence-electron chi connectivity index (χ1n) is 10.2. The van der Waals surface area contributed by atoms with Crippen molar-refractivity contribution in [3.63, 3.8) is 0 Å². The van der Waals surface area contributed by atoms with Crippen LogP contribution in [-0.2, 0) is 4.79 Å². The number of nitrogens with one attached hydrogen (secondary N) is 1. The second-order valence-corrected chi connectivity index (χ2v) is 9.46. The van der Waals surface area contributed by atoms with Crippen LogP contribution in [0.2, 0.25) is 0 Å². The van der Waals surface area contributed by atoms with E-state index in [2.05, 4.69) is 10.3 Å². The highest BCUT2D eigenvalue weighted by Crippen LogP contribution is 2.30. The van der Waals surface area contributed by atoms with Gasteiger partial charge in [-0.3, -0.25) is 14.2 Å². The Balaban J connectivity index is 1.68. The maximum atomic E-state index is 13.7. The van der Waals surface area contributed by atoms with Crippen LogP contribution in [0.3, 0.4) is 0 Å². The summed E-state index contributed by atoms with van der Waals surface area (Å²) in [5.41, 5.74) is 1.89. The molecule has 0 radical (unpaired) electrons. The Bertz CT molecular complexity index is 1530. The van der Waals surface area contributed by atoms with E-state index in [-0.39, 0.29) is 17.3 Å². The van der Waals surface area contributed by atoms with Gasteiger partial charge in [0, 0.05) is 10.6 Å². The summed E-state index contributed by atoms with van der Waals surface area (Å²) in [7, 11) is 0. The number of benzene rings is 2. The molecule has 8 heteroatoms. The minimum atomic E-state index is -0.726. The summed E-state index contributed by atoms with van der Waals surface area (Å²) < 4.78 is 15.7. The average Bonchev–Trinajstić information content (AvgIpc) is 3.42. The van der Waals surface area contributed by atoms with Gasteiger partial charge in [-0.1, -0.05) is 47.7 Å². The molecular weight excluding hydrogens is 457 g/mol. The molecule has 4 aromatic rings. The summed E-state index contributed by atoms with van der Waals surface area (Å²) in [5, 5.41) is 4.84. The molecule has 0 bridgehead atoms. The third-order valence-corrected chi connectivity index (χ3v) is 7.10.